The summed E-state index contributed by atoms with van der Waals surface area (Å²) < 4.78 is 0. The Labute approximate surface area is 99.4 Å². The molecule has 1 aliphatic carbocycles. The standard InChI is InChI=1S/C14H26O2/c1-4-6-11-7-8-13(15)12(9-11)10-14(3,16)5-2/h11-12,16H,4-10H2,1-3H3. The first-order valence-electron chi connectivity index (χ1n) is 6.73. The van der Waals surface area contributed by atoms with Crippen LogP contribution >= 0.6 is 0 Å². The molecule has 1 rings (SSSR count). The second-order valence-electron chi connectivity index (χ2n) is 5.65. The first-order chi connectivity index (χ1) is 7.48. The van der Waals surface area contributed by atoms with Crippen molar-refractivity contribution in [2.45, 2.75) is 71.3 Å². The smallest absolute Gasteiger partial charge is 0.136 e. The van der Waals surface area contributed by atoms with Crippen LogP contribution in [-0.4, -0.2) is 16.5 Å². The van der Waals surface area contributed by atoms with E-state index in [0.717, 1.165) is 25.7 Å². The molecule has 3 atom stereocenters. The van der Waals surface area contributed by atoms with Crippen LogP contribution in [-0.2, 0) is 4.79 Å². The van der Waals surface area contributed by atoms with Gasteiger partial charge in [-0.3, -0.25) is 4.79 Å². The molecule has 0 aliphatic heterocycles. The number of rotatable bonds is 5. The number of hydrogen-bond acceptors (Lipinski definition) is 2. The molecule has 0 spiro atoms. The molecule has 1 N–H and O–H groups in total. The number of aliphatic hydroxyl groups is 1. The van der Waals surface area contributed by atoms with E-state index >= 15 is 0 Å². The molecule has 0 aromatic carbocycles. The summed E-state index contributed by atoms with van der Waals surface area (Å²) in [5.41, 5.74) is -0.658. The molecule has 1 saturated carbocycles. The van der Waals surface area contributed by atoms with Crippen molar-refractivity contribution >= 4 is 5.78 Å². The summed E-state index contributed by atoms with van der Waals surface area (Å²) in [5.74, 6) is 1.20. The summed E-state index contributed by atoms with van der Waals surface area (Å²) in [7, 11) is 0. The van der Waals surface area contributed by atoms with Crippen LogP contribution in [0.15, 0.2) is 0 Å². The van der Waals surface area contributed by atoms with Crippen molar-refractivity contribution in [3.05, 3.63) is 0 Å². The monoisotopic (exact) mass is 226 g/mol. The fourth-order valence-corrected chi connectivity index (χ4v) is 2.74. The maximum atomic E-state index is 11.8. The maximum Gasteiger partial charge on any atom is 0.136 e. The van der Waals surface area contributed by atoms with Crippen molar-refractivity contribution < 1.29 is 9.90 Å². The first-order valence-corrected chi connectivity index (χ1v) is 6.73. The zero-order valence-corrected chi connectivity index (χ0v) is 11.0. The molecule has 0 bridgehead atoms. The normalized spacial score (nSPS) is 30.1. The van der Waals surface area contributed by atoms with Crippen LogP contribution in [0.4, 0.5) is 0 Å². The summed E-state index contributed by atoms with van der Waals surface area (Å²) in [6.45, 7) is 6.04. The third kappa shape index (κ3) is 3.89. The molecule has 3 unspecified atom stereocenters. The third-order valence-electron chi connectivity index (χ3n) is 4.02. The second kappa shape index (κ2) is 5.81. The summed E-state index contributed by atoms with van der Waals surface area (Å²) in [6.07, 6.45) is 6.63. The summed E-state index contributed by atoms with van der Waals surface area (Å²) in [5, 5.41) is 10.1. The summed E-state index contributed by atoms with van der Waals surface area (Å²) in [6, 6.07) is 0. The van der Waals surface area contributed by atoms with Crippen LogP contribution in [0, 0.1) is 11.8 Å². The van der Waals surface area contributed by atoms with Gasteiger partial charge in [-0.15, -0.1) is 0 Å². The SMILES string of the molecule is CCCC1CCC(=O)C(CC(C)(O)CC)C1. The zero-order valence-electron chi connectivity index (χ0n) is 11.0. The van der Waals surface area contributed by atoms with Crippen LogP contribution in [0.5, 0.6) is 0 Å². The lowest BCUT2D eigenvalue weighted by atomic mass is 9.74. The third-order valence-corrected chi connectivity index (χ3v) is 4.02. The Morgan fingerprint density at radius 2 is 2.12 bits per heavy atom. The van der Waals surface area contributed by atoms with Gasteiger partial charge in [-0.2, -0.15) is 0 Å². The molecule has 16 heavy (non-hydrogen) atoms. The van der Waals surface area contributed by atoms with Gasteiger partial charge in [-0.1, -0.05) is 26.7 Å². The molecule has 0 aromatic heterocycles. The highest BCUT2D eigenvalue weighted by Gasteiger charge is 2.33. The van der Waals surface area contributed by atoms with Gasteiger partial charge in [0.2, 0.25) is 0 Å². The average Bonchev–Trinajstić information content (AvgIpc) is 2.23. The van der Waals surface area contributed by atoms with E-state index in [1.54, 1.807) is 0 Å². The van der Waals surface area contributed by atoms with Gasteiger partial charge in [0.15, 0.2) is 0 Å². The number of Topliss-reactive ketones (excluding diaryl/α,β-unsaturated/α-hetero) is 1. The van der Waals surface area contributed by atoms with E-state index in [2.05, 4.69) is 6.92 Å². The Kier molecular flexibility index (Phi) is 4.97. The minimum absolute atomic E-state index is 0.111. The predicted molar refractivity (Wildman–Crippen MR) is 66.3 cm³/mol. The molecule has 1 aliphatic rings. The van der Waals surface area contributed by atoms with Crippen LogP contribution in [0.25, 0.3) is 0 Å². The quantitative estimate of drug-likeness (QED) is 0.780. The van der Waals surface area contributed by atoms with Gasteiger partial charge < -0.3 is 5.11 Å². The molecule has 0 aromatic rings. The molecular formula is C14H26O2. The van der Waals surface area contributed by atoms with Gasteiger partial charge in [-0.05, 0) is 38.5 Å². The highest BCUT2D eigenvalue weighted by atomic mass is 16.3. The van der Waals surface area contributed by atoms with Gasteiger partial charge in [0, 0.05) is 12.3 Å². The fourth-order valence-electron chi connectivity index (χ4n) is 2.74. The number of hydrogen-bond donors (Lipinski definition) is 1. The molecule has 94 valence electrons. The number of carbonyl (C=O) groups is 1. The van der Waals surface area contributed by atoms with Crippen LogP contribution in [0.1, 0.15) is 65.7 Å². The lowest BCUT2D eigenvalue weighted by Gasteiger charge is -2.32. The molecule has 0 amide bonds. The lowest BCUT2D eigenvalue weighted by Crippen LogP contribution is -2.33. The van der Waals surface area contributed by atoms with Crippen LogP contribution in [0.3, 0.4) is 0 Å². The van der Waals surface area contributed by atoms with E-state index in [0.29, 0.717) is 18.1 Å². The van der Waals surface area contributed by atoms with Gasteiger partial charge in [0.1, 0.15) is 5.78 Å². The molecule has 0 heterocycles. The molecule has 2 heteroatoms. The maximum absolute atomic E-state index is 11.8. The second-order valence-corrected chi connectivity index (χ2v) is 5.65. The largest absolute Gasteiger partial charge is 0.390 e. The Morgan fingerprint density at radius 3 is 2.69 bits per heavy atom. The first kappa shape index (κ1) is 13.7. The van der Waals surface area contributed by atoms with E-state index in [9.17, 15) is 9.90 Å². The van der Waals surface area contributed by atoms with E-state index in [4.69, 9.17) is 0 Å². The molecule has 2 nitrogen and oxygen atoms in total. The highest BCUT2D eigenvalue weighted by molar-refractivity contribution is 5.81. The van der Waals surface area contributed by atoms with Crippen molar-refractivity contribution in [2.24, 2.45) is 11.8 Å². The topological polar surface area (TPSA) is 37.3 Å². The molecule has 0 radical (unpaired) electrons. The van der Waals surface area contributed by atoms with Gasteiger partial charge in [0.25, 0.3) is 0 Å². The Balaban J connectivity index is 2.53. The number of ketones is 1. The van der Waals surface area contributed by atoms with Crippen molar-refractivity contribution in [3.8, 4) is 0 Å². The summed E-state index contributed by atoms with van der Waals surface area (Å²) in [4.78, 5) is 11.8. The fraction of sp³-hybridized carbons (Fsp3) is 0.929. The Morgan fingerprint density at radius 1 is 1.44 bits per heavy atom. The van der Waals surface area contributed by atoms with E-state index < -0.39 is 5.60 Å². The van der Waals surface area contributed by atoms with Gasteiger partial charge in [-0.25, -0.2) is 0 Å². The lowest BCUT2D eigenvalue weighted by molar-refractivity contribution is -0.128. The van der Waals surface area contributed by atoms with E-state index in [-0.39, 0.29) is 5.92 Å². The van der Waals surface area contributed by atoms with E-state index in [1.807, 2.05) is 13.8 Å². The predicted octanol–water partition coefficient (Wildman–Crippen LogP) is 3.32. The highest BCUT2D eigenvalue weighted by Crippen LogP contribution is 2.34. The van der Waals surface area contributed by atoms with Crippen molar-refractivity contribution in [2.75, 3.05) is 0 Å². The van der Waals surface area contributed by atoms with Crippen LogP contribution in [0.2, 0.25) is 0 Å². The zero-order chi connectivity index (χ0) is 12.2. The molecular weight excluding hydrogens is 200 g/mol. The van der Waals surface area contributed by atoms with Crippen LogP contribution < -0.4 is 0 Å². The Bertz CT molecular complexity index is 233. The van der Waals surface area contributed by atoms with Crippen molar-refractivity contribution in [3.63, 3.8) is 0 Å². The minimum Gasteiger partial charge on any atom is -0.390 e. The molecule has 0 saturated heterocycles. The summed E-state index contributed by atoms with van der Waals surface area (Å²) >= 11 is 0. The average molecular weight is 226 g/mol. The van der Waals surface area contributed by atoms with E-state index in [1.165, 1.54) is 12.8 Å². The number of carbonyl (C=O) groups excluding carboxylic acids is 1. The Hall–Kier alpha value is -0.370. The van der Waals surface area contributed by atoms with Gasteiger partial charge >= 0.3 is 0 Å². The van der Waals surface area contributed by atoms with Crippen molar-refractivity contribution in [1.29, 1.82) is 0 Å². The van der Waals surface area contributed by atoms with Gasteiger partial charge in [0.05, 0.1) is 5.60 Å². The van der Waals surface area contributed by atoms with Crippen molar-refractivity contribution in [1.82, 2.24) is 0 Å². The molecule has 1 fully saturated rings. The minimum atomic E-state index is -0.658.